The summed E-state index contributed by atoms with van der Waals surface area (Å²) < 4.78 is 1.55. The monoisotopic (exact) mass is 327 g/mol. The van der Waals surface area contributed by atoms with Gasteiger partial charge in [0.15, 0.2) is 0 Å². The first-order valence-electron chi connectivity index (χ1n) is 7.41. The van der Waals surface area contributed by atoms with E-state index in [0.29, 0.717) is 5.69 Å². The standard InChI is InChI=1S/C16H17N5OS/c1-3-5-12-8-15(23-11(12)2)16(22)18-13-6-4-7-14(9-13)21-10-17-19-20-21/h4,6-10H,3,5H2,1-2H3,(H,18,22). The van der Waals surface area contributed by atoms with Gasteiger partial charge in [0.25, 0.3) is 5.91 Å². The van der Waals surface area contributed by atoms with Crippen molar-refractivity contribution in [1.29, 1.82) is 0 Å². The minimum Gasteiger partial charge on any atom is -0.321 e. The number of nitrogens with one attached hydrogen (secondary N) is 1. The molecule has 0 aliphatic carbocycles. The number of hydrogen-bond donors (Lipinski definition) is 1. The molecule has 0 spiro atoms. The van der Waals surface area contributed by atoms with Crippen LogP contribution >= 0.6 is 11.3 Å². The number of carbonyl (C=O) groups excluding carboxylic acids is 1. The number of hydrogen-bond acceptors (Lipinski definition) is 5. The zero-order chi connectivity index (χ0) is 16.2. The minimum atomic E-state index is -0.0886. The van der Waals surface area contributed by atoms with E-state index in [0.717, 1.165) is 23.4 Å². The molecule has 0 aliphatic rings. The van der Waals surface area contributed by atoms with Gasteiger partial charge in [-0.1, -0.05) is 19.4 Å². The van der Waals surface area contributed by atoms with Crippen LogP contribution in [-0.4, -0.2) is 26.1 Å². The van der Waals surface area contributed by atoms with Gasteiger partial charge in [0, 0.05) is 10.6 Å². The van der Waals surface area contributed by atoms with Gasteiger partial charge in [-0.05, 0) is 53.6 Å². The second kappa shape index (κ2) is 6.70. The fourth-order valence-electron chi connectivity index (χ4n) is 2.35. The minimum absolute atomic E-state index is 0.0886. The van der Waals surface area contributed by atoms with Gasteiger partial charge in [0.05, 0.1) is 10.6 Å². The maximum absolute atomic E-state index is 12.4. The van der Waals surface area contributed by atoms with Crippen LogP contribution in [-0.2, 0) is 6.42 Å². The average molecular weight is 327 g/mol. The summed E-state index contributed by atoms with van der Waals surface area (Å²) in [5.41, 5.74) is 2.76. The molecule has 0 bridgehead atoms. The smallest absolute Gasteiger partial charge is 0.265 e. The van der Waals surface area contributed by atoms with Gasteiger partial charge in [-0.25, -0.2) is 4.68 Å². The number of carbonyl (C=O) groups is 1. The van der Waals surface area contributed by atoms with Crippen LogP contribution < -0.4 is 5.32 Å². The first kappa shape index (κ1) is 15.4. The maximum atomic E-state index is 12.4. The number of thiophene rings is 1. The number of aromatic nitrogens is 4. The summed E-state index contributed by atoms with van der Waals surface area (Å²) in [5.74, 6) is -0.0886. The summed E-state index contributed by atoms with van der Waals surface area (Å²) in [7, 11) is 0. The lowest BCUT2D eigenvalue weighted by atomic mass is 10.1. The number of rotatable bonds is 5. The first-order chi connectivity index (χ1) is 11.2. The number of aryl methyl sites for hydroxylation is 2. The van der Waals surface area contributed by atoms with Crippen molar-refractivity contribution in [1.82, 2.24) is 20.2 Å². The summed E-state index contributed by atoms with van der Waals surface area (Å²) >= 11 is 1.53. The zero-order valence-electron chi connectivity index (χ0n) is 13.0. The molecule has 3 rings (SSSR count). The van der Waals surface area contributed by atoms with Crippen LogP contribution in [0.1, 0.15) is 33.5 Å². The topological polar surface area (TPSA) is 72.7 Å². The van der Waals surface area contributed by atoms with Gasteiger partial charge >= 0.3 is 0 Å². The van der Waals surface area contributed by atoms with Gasteiger partial charge in [0.2, 0.25) is 0 Å². The Morgan fingerprint density at radius 2 is 2.22 bits per heavy atom. The Morgan fingerprint density at radius 3 is 2.96 bits per heavy atom. The van der Waals surface area contributed by atoms with Crippen LogP contribution in [0, 0.1) is 6.92 Å². The van der Waals surface area contributed by atoms with Crippen LogP contribution in [0.5, 0.6) is 0 Å². The molecule has 0 atom stereocenters. The van der Waals surface area contributed by atoms with Crippen molar-refractivity contribution in [3.8, 4) is 5.69 Å². The second-order valence-electron chi connectivity index (χ2n) is 5.20. The highest BCUT2D eigenvalue weighted by molar-refractivity contribution is 7.14. The Morgan fingerprint density at radius 1 is 1.35 bits per heavy atom. The van der Waals surface area contributed by atoms with E-state index in [9.17, 15) is 4.79 Å². The molecule has 23 heavy (non-hydrogen) atoms. The molecule has 118 valence electrons. The largest absolute Gasteiger partial charge is 0.321 e. The molecule has 0 unspecified atom stereocenters. The molecular formula is C16H17N5OS. The average Bonchev–Trinajstić information content (AvgIpc) is 3.19. The molecule has 1 N–H and O–H groups in total. The number of anilines is 1. The molecule has 0 saturated carbocycles. The Balaban J connectivity index is 1.78. The van der Waals surface area contributed by atoms with Gasteiger partial charge in [-0.3, -0.25) is 4.79 Å². The normalized spacial score (nSPS) is 10.7. The van der Waals surface area contributed by atoms with Gasteiger partial charge in [0.1, 0.15) is 6.33 Å². The highest BCUT2D eigenvalue weighted by Gasteiger charge is 2.12. The van der Waals surface area contributed by atoms with Crippen molar-refractivity contribution >= 4 is 22.9 Å². The van der Waals surface area contributed by atoms with Crippen LogP contribution in [0.25, 0.3) is 5.69 Å². The van der Waals surface area contributed by atoms with E-state index < -0.39 is 0 Å². The fraction of sp³-hybridized carbons (Fsp3) is 0.250. The zero-order valence-corrected chi connectivity index (χ0v) is 13.8. The molecule has 0 radical (unpaired) electrons. The Kier molecular flexibility index (Phi) is 4.47. The van der Waals surface area contributed by atoms with Crippen LogP contribution in [0.3, 0.4) is 0 Å². The molecule has 1 amide bonds. The first-order valence-corrected chi connectivity index (χ1v) is 8.23. The summed E-state index contributed by atoms with van der Waals surface area (Å²) in [6.45, 7) is 4.20. The van der Waals surface area contributed by atoms with E-state index in [1.54, 1.807) is 4.68 Å². The summed E-state index contributed by atoms with van der Waals surface area (Å²) in [4.78, 5) is 14.4. The van der Waals surface area contributed by atoms with Gasteiger partial charge < -0.3 is 5.32 Å². The quantitative estimate of drug-likeness (QED) is 0.781. The molecule has 6 nitrogen and oxygen atoms in total. The Labute approximate surface area is 138 Å². The number of benzene rings is 1. The van der Waals surface area contributed by atoms with E-state index in [1.807, 2.05) is 30.3 Å². The van der Waals surface area contributed by atoms with E-state index in [-0.39, 0.29) is 5.91 Å². The molecule has 1 aromatic carbocycles. The fourth-order valence-corrected chi connectivity index (χ4v) is 3.31. The third kappa shape index (κ3) is 3.45. The van der Waals surface area contributed by atoms with E-state index in [1.165, 1.54) is 28.1 Å². The van der Waals surface area contributed by atoms with Crippen molar-refractivity contribution in [2.45, 2.75) is 26.7 Å². The molecule has 0 aliphatic heterocycles. The van der Waals surface area contributed by atoms with E-state index >= 15 is 0 Å². The second-order valence-corrected chi connectivity index (χ2v) is 6.46. The molecule has 2 heterocycles. The highest BCUT2D eigenvalue weighted by atomic mass is 32.1. The van der Waals surface area contributed by atoms with Crippen molar-refractivity contribution in [3.63, 3.8) is 0 Å². The molecule has 3 aromatic rings. The third-order valence-corrected chi connectivity index (χ3v) is 4.57. The van der Waals surface area contributed by atoms with Gasteiger partial charge in [-0.15, -0.1) is 16.4 Å². The van der Waals surface area contributed by atoms with Crippen molar-refractivity contribution < 1.29 is 4.79 Å². The van der Waals surface area contributed by atoms with Crippen molar-refractivity contribution in [2.75, 3.05) is 5.32 Å². The Hall–Kier alpha value is -2.54. The molecule has 2 aromatic heterocycles. The molecule has 0 saturated heterocycles. The van der Waals surface area contributed by atoms with Crippen LogP contribution in [0.2, 0.25) is 0 Å². The number of amides is 1. The molecule has 0 fully saturated rings. The summed E-state index contributed by atoms with van der Waals surface area (Å²) in [5, 5.41) is 14.0. The SMILES string of the molecule is CCCc1cc(C(=O)Nc2cccc(-n3cnnn3)c2)sc1C. The lowest BCUT2D eigenvalue weighted by Gasteiger charge is -2.05. The summed E-state index contributed by atoms with van der Waals surface area (Å²) in [6.07, 6.45) is 3.59. The predicted octanol–water partition coefficient (Wildman–Crippen LogP) is 3.24. The molecule has 7 heteroatoms. The van der Waals surface area contributed by atoms with E-state index in [4.69, 9.17) is 0 Å². The van der Waals surface area contributed by atoms with Crippen molar-refractivity contribution in [3.05, 3.63) is 52.0 Å². The maximum Gasteiger partial charge on any atom is 0.265 e. The molecular weight excluding hydrogens is 310 g/mol. The van der Waals surface area contributed by atoms with Crippen molar-refractivity contribution in [2.24, 2.45) is 0 Å². The lowest BCUT2D eigenvalue weighted by molar-refractivity contribution is 0.103. The Bertz CT molecular complexity index is 810. The van der Waals surface area contributed by atoms with E-state index in [2.05, 4.69) is 34.7 Å². The van der Waals surface area contributed by atoms with Crippen LogP contribution in [0.4, 0.5) is 5.69 Å². The number of tetrazole rings is 1. The lowest BCUT2D eigenvalue weighted by Crippen LogP contribution is -2.10. The predicted molar refractivity (Wildman–Crippen MR) is 90.2 cm³/mol. The summed E-state index contributed by atoms with van der Waals surface area (Å²) in [6, 6.07) is 9.40. The third-order valence-electron chi connectivity index (χ3n) is 3.48. The van der Waals surface area contributed by atoms with Crippen LogP contribution in [0.15, 0.2) is 36.7 Å². The highest BCUT2D eigenvalue weighted by Crippen LogP contribution is 2.24. The van der Waals surface area contributed by atoms with Gasteiger partial charge in [-0.2, -0.15) is 0 Å². The number of nitrogens with zero attached hydrogens (tertiary/aromatic N) is 4.